The number of ether oxygens (including phenoxy) is 3. The van der Waals surface area contributed by atoms with E-state index in [1.165, 1.54) is 26.5 Å². The molecule has 0 unspecified atom stereocenters. The van der Waals surface area contributed by atoms with Crippen molar-refractivity contribution in [3.8, 4) is 11.5 Å². The molecule has 0 saturated carbocycles. The summed E-state index contributed by atoms with van der Waals surface area (Å²) in [7, 11) is 3.00. The summed E-state index contributed by atoms with van der Waals surface area (Å²) in [5, 5.41) is 2.97. The van der Waals surface area contributed by atoms with Gasteiger partial charge < -0.3 is 24.5 Å². The summed E-state index contributed by atoms with van der Waals surface area (Å²) in [5.41, 5.74) is 0.613. The SMILES string of the molecule is COc1ccc(NC(=O)COC(=O)c2cc(Cl)c[nH]2)c(OC)c1. The lowest BCUT2D eigenvalue weighted by Crippen LogP contribution is -2.21. The Hall–Kier alpha value is -2.67. The minimum atomic E-state index is -0.672. The topological polar surface area (TPSA) is 89.6 Å². The van der Waals surface area contributed by atoms with E-state index in [1.807, 2.05) is 0 Å². The number of methoxy groups -OCH3 is 2. The molecule has 122 valence electrons. The van der Waals surface area contributed by atoms with Crippen molar-refractivity contribution in [2.45, 2.75) is 0 Å². The lowest BCUT2D eigenvalue weighted by atomic mass is 10.2. The number of esters is 1. The van der Waals surface area contributed by atoms with E-state index in [9.17, 15) is 9.59 Å². The number of amides is 1. The predicted molar refractivity (Wildman–Crippen MR) is 84.3 cm³/mol. The molecule has 0 bridgehead atoms. The molecule has 1 heterocycles. The van der Waals surface area contributed by atoms with E-state index in [0.29, 0.717) is 22.2 Å². The van der Waals surface area contributed by atoms with E-state index >= 15 is 0 Å². The predicted octanol–water partition coefficient (Wildman–Crippen LogP) is 2.48. The maximum Gasteiger partial charge on any atom is 0.355 e. The normalized spacial score (nSPS) is 10.0. The standard InChI is InChI=1S/C15H15ClN2O5/c1-21-10-3-4-11(13(6-10)22-2)18-14(19)8-23-15(20)12-5-9(16)7-17-12/h3-7,17H,8H2,1-2H3,(H,18,19). The van der Waals surface area contributed by atoms with E-state index in [4.69, 9.17) is 25.8 Å². The lowest BCUT2D eigenvalue weighted by Gasteiger charge is -2.11. The summed E-state index contributed by atoms with van der Waals surface area (Å²) >= 11 is 5.69. The number of aromatic amines is 1. The molecular formula is C15H15ClN2O5. The van der Waals surface area contributed by atoms with Gasteiger partial charge in [-0.25, -0.2) is 4.79 Å². The van der Waals surface area contributed by atoms with Crippen LogP contribution in [0.15, 0.2) is 30.5 Å². The zero-order valence-electron chi connectivity index (χ0n) is 12.5. The molecule has 0 aliphatic heterocycles. The van der Waals surface area contributed by atoms with Crippen molar-refractivity contribution >= 4 is 29.2 Å². The van der Waals surface area contributed by atoms with Gasteiger partial charge in [-0.3, -0.25) is 4.79 Å². The molecule has 2 N–H and O–H groups in total. The number of rotatable bonds is 6. The van der Waals surface area contributed by atoms with Crippen LogP contribution in [0.3, 0.4) is 0 Å². The second-order valence-corrected chi connectivity index (χ2v) is 4.86. The first-order chi connectivity index (χ1) is 11.0. The molecule has 0 aliphatic rings. The molecule has 23 heavy (non-hydrogen) atoms. The van der Waals surface area contributed by atoms with Crippen molar-refractivity contribution in [3.63, 3.8) is 0 Å². The summed E-state index contributed by atoms with van der Waals surface area (Å²) in [6.45, 7) is -0.440. The minimum absolute atomic E-state index is 0.171. The molecule has 0 aliphatic carbocycles. The van der Waals surface area contributed by atoms with Crippen LogP contribution in [-0.4, -0.2) is 37.7 Å². The van der Waals surface area contributed by atoms with Crippen LogP contribution < -0.4 is 14.8 Å². The third-order valence-corrected chi connectivity index (χ3v) is 3.10. The van der Waals surface area contributed by atoms with Gasteiger partial charge in [0.05, 0.1) is 24.9 Å². The largest absolute Gasteiger partial charge is 0.497 e. The molecule has 1 amide bonds. The smallest absolute Gasteiger partial charge is 0.355 e. The highest BCUT2D eigenvalue weighted by atomic mass is 35.5. The van der Waals surface area contributed by atoms with Crippen molar-refractivity contribution in [2.75, 3.05) is 26.1 Å². The van der Waals surface area contributed by atoms with Crippen LogP contribution in [0.1, 0.15) is 10.5 Å². The number of benzene rings is 1. The first kappa shape index (κ1) is 16.7. The zero-order valence-corrected chi connectivity index (χ0v) is 13.3. The van der Waals surface area contributed by atoms with Crippen LogP contribution in [-0.2, 0) is 9.53 Å². The number of nitrogens with one attached hydrogen (secondary N) is 2. The molecule has 7 nitrogen and oxygen atoms in total. The van der Waals surface area contributed by atoms with E-state index in [1.54, 1.807) is 18.2 Å². The van der Waals surface area contributed by atoms with Gasteiger partial charge in [-0.05, 0) is 18.2 Å². The third kappa shape index (κ3) is 4.40. The molecule has 0 atom stereocenters. The van der Waals surface area contributed by atoms with Crippen molar-refractivity contribution in [2.24, 2.45) is 0 Å². The highest BCUT2D eigenvalue weighted by Crippen LogP contribution is 2.28. The quantitative estimate of drug-likeness (QED) is 0.790. The Bertz CT molecular complexity index is 714. The Morgan fingerprint density at radius 1 is 1.22 bits per heavy atom. The summed E-state index contributed by atoms with van der Waals surface area (Å²) in [4.78, 5) is 26.2. The Balaban J connectivity index is 1.93. The number of carbonyl (C=O) groups is 2. The number of halogens is 1. The summed E-state index contributed by atoms with van der Waals surface area (Å²) in [6.07, 6.45) is 1.44. The van der Waals surface area contributed by atoms with E-state index in [2.05, 4.69) is 10.3 Å². The number of H-pyrrole nitrogens is 1. The van der Waals surface area contributed by atoms with E-state index < -0.39 is 18.5 Å². The van der Waals surface area contributed by atoms with Crippen molar-refractivity contribution in [3.05, 3.63) is 41.2 Å². The molecule has 0 spiro atoms. The summed E-state index contributed by atoms with van der Waals surface area (Å²) in [5.74, 6) is -0.150. The first-order valence-corrected chi connectivity index (χ1v) is 6.94. The first-order valence-electron chi connectivity index (χ1n) is 6.56. The number of hydrogen-bond donors (Lipinski definition) is 2. The molecule has 2 aromatic rings. The Labute approximate surface area is 137 Å². The van der Waals surface area contributed by atoms with Crippen molar-refractivity contribution < 1.29 is 23.8 Å². The average Bonchev–Trinajstić information content (AvgIpc) is 2.99. The second-order valence-electron chi connectivity index (χ2n) is 4.42. The van der Waals surface area contributed by atoms with Gasteiger partial charge in [0.15, 0.2) is 6.61 Å². The van der Waals surface area contributed by atoms with Gasteiger partial charge in [0.25, 0.3) is 5.91 Å². The van der Waals surface area contributed by atoms with Crippen LogP contribution in [0.2, 0.25) is 5.02 Å². The van der Waals surface area contributed by atoms with Crippen molar-refractivity contribution in [1.29, 1.82) is 0 Å². The fourth-order valence-electron chi connectivity index (χ4n) is 1.78. The average molecular weight is 339 g/mol. The second kappa shape index (κ2) is 7.55. The summed E-state index contributed by atoms with van der Waals surface area (Å²) < 4.78 is 15.1. The van der Waals surface area contributed by atoms with Gasteiger partial charge in [0.1, 0.15) is 17.2 Å². The van der Waals surface area contributed by atoms with Gasteiger partial charge in [0, 0.05) is 12.3 Å². The minimum Gasteiger partial charge on any atom is -0.497 e. The van der Waals surface area contributed by atoms with Crippen LogP contribution in [0.25, 0.3) is 0 Å². The van der Waals surface area contributed by atoms with Gasteiger partial charge in [-0.15, -0.1) is 0 Å². The lowest BCUT2D eigenvalue weighted by molar-refractivity contribution is -0.119. The highest BCUT2D eigenvalue weighted by molar-refractivity contribution is 6.30. The van der Waals surface area contributed by atoms with Crippen LogP contribution >= 0.6 is 11.6 Å². The number of carbonyl (C=O) groups excluding carboxylic acids is 2. The fraction of sp³-hybridized carbons (Fsp3) is 0.200. The monoisotopic (exact) mass is 338 g/mol. The molecule has 1 aromatic carbocycles. The molecule has 0 saturated heterocycles. The number of hydrogen-bond acceptors (Lipinski definition) is 5. The molecule has 0 fully saturated rings. The van der Waals surface area contributed by atoms with Crippen molar-refractivity contribution in [1.82, 2.24) is 4.98 Å². The van der Waals surface area contributed by atoms with Crippen LogP contribution in [0.5, 0.6) is 11.5 Å². The van der Waals surface area contributed by atoms with Crippen LogP contribution in [0, 0.1) is 0 Å². The molecular weight excluding hydrogens is 324 g/mol. The molecule has 1 aromatic heterocycles. The fourth-order valence-corrected chi connectivity index (χ4v) is 1.95. The van der Waals surface area contributed by atoms with Crippen LogP contribution in [0.4, 0.5) is 5.69 Å². The Kier molecular flexibility index (Phi) is 5.48. The highest BCUT2D eigenvalue weighted by Gasteiger charge is 2.14. The maximum absolute atomic E-state index is 11.9. The maximum atomic E-state index is 11.9. The van der Waals surface area contributed by atoms with E-state index in [0.717, 1.165) is 0 Å². The number of anilines is 1. The molecule has 2 rings (SSSR count). The van der Waals surface area contributed by atoms with E-state index in [-0.39, 0.29) is 5.69 Å². The van der Waals surface area contributed by atoms with Gasteiger partial charge in [0.2, 0.25) is 0 Å². The zero-order chi connectivity index (χ0) is 16.8. The Morgan fingerprint density at radius 3 is 2.61 bits per heavy atom. The molecule has 8 heteroatoms. The van der Waals surface area contributed by atoms with Gasteiger partial charge in [-0.2, -0.15) is 0 Å². The number of aromatic nitrogens is 1. The Morgan fingerprint density at radius 2 is 2.00 bits per heavy atom. The van der Waals surface area contributed by atoms with Gasteiger partial charge in [-0.1, -0.05) is 11.6 Å². The van der Waals surface area contributed by atoms with Gasteiger partial charge >= 0.3 is 5.97 Å². The summed E-state index contributed by atoms with van der Waals surface area (Å²) in [6, 6.07) is 6.34. The third-order valence-electron chi connectivity index (χ3n) is 2.88. The molecule has 0 radical (unpaired) electrons.